The third-order valence-electron chi connectivity index (χ3n) is 5.46. The van der Waals surface area contributed by atoms with Gasteiger partial charge in [0.1, 0.15) is 5.82 Å². The van der Waals surface area contributed by atoms with E-state index < -0.39 is 17.4 Å². The van der Waals surface area contributed by atoms with Crippen LogP contribution in [0, 0.1) is 17.1 Å². The summed E-state index contributed by atoms with van der Waals surface area (Å²) in [6, 6.07) is 5.15. The zero-order chi connectivity index (χ0) is 20.5. The number of fused-ring (bicyclic) bond motifs is 1. The summed E-state index contributed by atoms with van der Waals surface area (Å²) in [7, 11) is 0. The predicted molar refractivity (Wildman–Crippen MR) is 104 cm³/mol. The van der Waals surface area contributed by atoms with Gasteiger partial charge in [-0.15, -0.1) is 0 Å². The first-order valence-corrected chi connectivity index (χ1v) is 9.61. The van der Waals surface area contributed by atoms with E-state index in [-0.39, 0.29) is 17.2 Å². The average Bonchev–Trinajstić information content (AvgIpc) is 3.54. The lowest BCUT2D eigenvalue weighted by Crippen LogP contribution is -2.46. The van der Waals surface area contributed by atoms with Crippen LogP contribution in [-0.4, -0.2) is 53.5 Å². The molecule has 1 saturated heterocycles. The number of carboxylic acid groups (broad SMARTS) is 1. The smallest absolute Gasteiger partial charge is 0.449 e. The Morgan fingerprint density at radius 1 is 1.28 bits per heavy atom. The van der Waals surface area contributed by atoms with Crippen molar-refractivity contribution < 1.29 is 19.0 Å². The Bertz CT molecular complexity index is 1050. The highest BCUT2D eigenvalue weighted by Crippen LogP contribution is 2.39. The van der Waals surface area contributed by atoms with Gasteiger partial charge in [-0.3, -0.25) is 9.69 Å². The molecule has 9 heteroatoms. The summed E-state index contributed by atoms with van der Waals surface area (Å²) in [5.41, 5.74) is 0.378. The lowest BCUT2D eigenvalue weighted by Gasteiger charge is -2.36. The Hall–Kier alpha value is -3.12. The summed E-state index contributed by atoms with van der Waals surface area (Å²) in [5, 5.41) is 17.7. The molecule has 2 aromatic rings. The second-order valence-electron chi connectivity index (χ2n) is 7.39. The van der Waals surface area contributed by atoms with Gasteiger partial charge in [-0.2, -0.15) is 5.26 Å². The van der Waals surface area contributed by atoms with Gasteiger partial charge in [0, 0.05) is 45.2 Å². The van der Waals surface area contributed by atoms with Crippen LogP contribution in [0.15, 0.2) is 23.1 Å². The molecule has 1 saturated carbocycles. The maximum absolute atomic E-state index is 14.9. The molecule has 2 fully saturated rings. The fraction of sp³-hybridized carbons (Fsp3) is 0.450. The van der Waals surface area contributed by atoms with Crippen LogP contribution in [-0.2, 0) is 0 Å². The number of rotatable bonds is 5. The molecule has 1 aliphatic heterocycles. The molecule has 2 aliphatic rings. The molecular weight excluding hydrogens is 379 g/mol. The van der Waals surface area contributed by atoms with Gasteiger partial charge >= 0.3 is 6.16 Å². The normalized spacial score (nSPS) is 17.3. The van der Waals surface area contributed by atoms with Crippen LogP contribution in [0.5, 0.6) is 5.75 Å². The molecule has 2 heterocycles. The molecule has 0 radical (unpaired) electrons. The van der Waals surface area contributed by atoms with Crippen LogP contribution in [0.1, 0.15) is 25.3 Å². The van der Waals surface area contributed by atoms with E-state index in [4.69, 9.17) is 10.4 Å². The zero-order valence-corrected chi connectivity index (χ0v) is 15.8. The number of aromatic nitrogens is 1. The number of carbonyl (C=O) groups is 1. The maximum atomic E-state index is 14.9. The molecule has 1 N–H and O–H groups in total. The molecule has 0 atom stereocenters. The van der Waals surface area contributed by atoms with Gasteiger partial charge in [-0.1, -0.05) is 0 Å². The molecule has 29 heavy (non-hydrogen) atoms. The van der Waals surface area contributed by atoms with Crippen molar-refractivity contribution in [2.45, 2.75) is 25.3 Å². The first-order valence-electron chi connectivity index (χ1n) is 9.61. The number of halogens is 1. The SMILES string of the molecule is N#CCCN1CCN(c2cc3c(cc2F)c(=O)c(OC(=O)O)cn3C2CC2)CC1. The molecule has 8 nitrogen and oxygen atoms in total. The summed E-state index contributed by atoms with van der Waals surface area (Å²) in [4.78, 5) is 27.6. The number of ether oxygens (including phenoxy) is 1. The number of pyridine rings is 1. The summed E-state index contributed by atoms with van der Waals surface area (Å²) in [6.07, 6.45) is 2.13. The number of nitrogens with zero attached hydrogens (tertiary/aromatic N) is 4. The van der Waals surface area contributed by atoms with E-state index in [2.05, 4.69) is 15.7 Å². The van der Waals surface area contributed by atoms with Gasteiger partial charge < -0.3 is 19.3 Å². The molecule has 1 aromatic carbocycles. The van der Waals surface area contributed by atoms with Gasteiger partial charge in [0.25, 0.3) is 0 Å². The molecule has 4 rings (SSSR count). The largest absolute Gasteiger partial charge is 0.511 e. The first kappa shape index (κ1) is 19.2. The molecule has 1 aliphatic carbocycles. The predicted octanol–water partition coefficient (Wildman–Crippen LogP) is 2.57. The Balaban J connectivity index is 1.70. The quantitative estimate of drug-likeness (QED) is 0.770. The average molecular weight is 400 g/mol. The van der Waals surface area contributed by atoms with E-state index in [9.17, 15) is 14.0 Å². The minimum absolute atomic E-state index is 0.115. The zero-order valence-electron chi connectivity index (χ0n) is 15.8. The highest BCUT2D eigenvalue weighted by Gasteiger charge is 2.28. The number of hydrogen-bond acceptors (Lipinski definition) is 6. The summed E-state index contributed by atoms with van der Waals surface area (Å²) in [5.74, 6) is -0.829. The van der Waals surface area contributed by atoms with Gasteiger partial charge in [0.2, 0.25) is 5.43 Å². The second kappa shape index (κ2) is 7.72. The van der Waals surface area contributed by atoms with Gasteiger partial charge in [0.05, 0.1) is 28.9 Å². The number of hydrogen-bond donors (Lipinski definition) is 1. The van der Waals surface area contributed by atoms with Crippen molar-refractivity contribution in [1.29, 1.82) is 5.26 Å². The number of nitriles is 1. The monoisotopic (exact) mass is 400 g/mol. The number of benzene rings is 1. The lowest BCUT2D eigenvalue weighted by molar-refractivity contribution is 0.143. The van der Waals surface area contributed by atoms with Crippen LogP contribution >= 0.6 is 0 Å². The minimum Gasteiger partial charge on any atom is -0.449 e. The lowest BCUT2D eigenvalue weighted by atomic mass is 10.1. The fourth-order valence-corrected chi connectivity index (χ4v) is 3.82. The summed E-state index contributed by atoms with van der Waals surface area (Å²) >= 11 is 0. The van der Waals surface area contributed by atoms with Crippen LogP contribution in [0.4, 0.5) is 14.9 Å². The molecular formula is C20H21FN4O4. The summed E-state index contributed by atoms with van der Waals surface area (Å²) in [6.45, 7) is 3.43. The standard InChI is InChI=1S/C20H21FN4O4/c21-15-10-14-16(11-17(15)24-8-6-23(7-9-24)5-1-4-22)25(13-2-3-13)12-18(19(14)26)29-20(27)28/h10-13H,1-3,5-9H2,(H,27,28). The van der Waals surface area contributed by atoms with Gasteiger partial charge in [-0.05, 0) is 25.0 Å². The van der Waals surface area contributed by atoms with Gasteiger partial charge in [0.15, 0.2) is 5.75 Å². The van der Waals surface area contributed by atoms with Crippen LogP contribution in [0.25, 0.3) is 10.9 Å². The Kier molecular flexibility index (Phi) is 5.11. The Morgan fingerprint density at radius 3 is 2.62 bits per heavy atom. The summed E-state index contributed by atoms with van der Waals surface area (Å²) < 4.78 is 21.4. The van der Waals surface area contributed by atoms with E-state index in [0.29, 0.717) is 37.3 Å². The molecule has 0 spiro atoms. The second-order valence-corrected chi connectivity index (χ2v) is 7.39. The van der Waals surface area contributed by atoms with E-state index in [1.54, 1.807) is 6.07 Å². The van der Waals surface area contributed by atoms with Crippen LogP contribution in [0.3, 0.4) is 0 Å². The van der Waals surface area contributed by atoms with Crippen molar-refractivity contribution in [2.75, 3.05) is 37.6 Å². The van der Waals surface area contributed by atoms with E-state index >= 15 is 0 Å². The van der Waals surface area contributed by atoms with E-state index in [1.165, 1.54) is 12.3 Å². The number of anilines is 1. The van der Waals surface area contributed by atoms with Crippen molar-refractivity contribution in [3.05, 3.63) is 34.4 Å². The highest BCUT2D eigenvalue weighted by atomic mass is 19.1. The van der Waals surface area contributed by atoms with Crippen molar-refractivity contribution in [3.8, 4) is 11.8 Å². The highest BCUT2D eigenvalue weighted by molar-refractivity contribution is 5.85. The molecule has 0 bridgehead atoms. The topological polar surface area (TPSA) is 98.8 Å². The Morgan fingerprint density at radius 2 is 2.00 bits per heavy atom. The third-order valence-corrected chi connectivity index (χ3v) is 5.46. The van der Waals surface area contributed by atoms with E-state index in [1.807, 2.05) is 9.47 Å². The van der Waals surface area contributed by atoms with E-state index in [0.717, 1.165) is 25.9 Å². The van der Waals surface area contributed by atoms with Crippen molar-refractivity contribution in [1.82, 2.24) is 9.47 Å². The molecule has 1 aromatic heterocycles. The first-order chi connectivity index (χ1) is 14.0. The van der Waals surface area contributed by atoms with Gasteiger partial charge in [-0.25, -0.2) is 9.18 Å². The number of piperazine rings is 1. The van der Waals surface area contributed by atoms with Crippen molar-refractivity contribution in [2.24, 2.45) is 0 Å². The van der Waals surface area contributed by atoms with Crippen molar-refractivity contribution in [3.63, 3.8) is 0 Å². The third kappa shape index (κ3) is 3.89. The molecule has 0 unspecified atom stereocenters. The minimum atomic E-state index is -1.57. The molecule has 0 amide bonds. The molecule has 152 valence electrons. The maximum Gasteiger partial charge on any atom is 0.511 e. The fourth-order valence-electron chi connectivity index (χ4n) is 3.82. The van der Waals surface area contributed by atoms with Crippen LogP contribution < -0.4 is 15.1 Å². The van der Waals surface area contributed by atoms with Crippen LogP contribution in [0.2, 0.25) is 0 Å². The Labute approximate surface area is 166 Å². The van der Waals surface area contributed by atoms with Crippen molar-refractivity contribution >= 4 is 22.7 Å².